The summed E-state index contributed by atoms with van der Waals surface area (Å²) in [5, 5.41) is 4.49. The van der Waals surface area contributed by atoms with Gasteiger partial charge in [-0.25, -0.2) is 18.2 Å². The summed E-state index contributed by atoms with van der Waals surface area (Å²) in [6.45, 7) is 0.874. The van der Waals surface area contributed by atoms with Crippen LogP contribution in [-0.2, 0) is 27.7 Å². The van der Waals surface area contributed by atoms with Crippen molar-refractivity contribution in [1.29, 1.82) is 0 Å². The molecule has 3 heterocycles. The highest BCUT2D eigenvalue weighted by Gasteiger charge is 2.30. The lowest BCUT2D eigenvalue weighted by molar-refractivity contribution is 0.102. The van der Waals surface area contributed by atoms with Gasteiger partial charge in [0, 0.05) is 28.2 Å². The Labute approximate surface area is 256 Å². The van der Waals surface area contributed by atoms with E-state index in [0.717, 1.165) is 31.2 Å². The first kappa shape index (κ1) is 28.6. The zero-order valence-corrected chi connectivity index (χ0v) is 25.6. The molecule has 43 heavy (non-hydrogen) atoms. The van der Waals surface area contributed by atoms with E-state index >= 15 is 0 Å². The van der Waals surface area contributed by atoms with Gasteiger partial charge in [-0.2, -0.15) is 0 Å². The number of anilines is 2. The topological polar surface area (TPSA) is 127 Å². The maximum absolute atomic E-state index is 13.4. The SMILES string of the molecule is COC(=O)N1CCc2c(sc(NC(=O)c3ccc(NS(=O)(=O)c4ccc(OC)cc4)cc3)c2-c2nc3ccccc3s2)C1. The zero-order valence-electron chi connectivity index (χ0n) is 23.1. The third-order valence-corrected chi connectivity index (χ3v) is 10.6. The number of carbonyl (C=O) groups is 2. The second-order valence-corrected chi connectivity index (χ2v) is 13.5. The minimum atomic E-state index is -3.83. The van der Waals surface area contributed by atoms with Gasteiger partial charge in [-0.15, -0.1) is 22.7 Å². The van der Waals surface area contributed by atoms with Crippen molar-refractivity contribution in [3.05, 3.63) is 88.8 Å². The molecule has 10 nitrogen and oxygen atoms in total. The number of amides is 2. The maximum atomic E-state index is 13.4. The molecule has 0 saturated heterocycles. The molecule has 3 aromatic carbocycles. The highest BCUT2D eigenvalue weighted by atomic mass is 32.2. The number of rotatable bonds is 7. The second kappa shape index (κ2) is 11.7. The number of para-hydroxylation sites is 1. The third-order valence-electron chi connectivity index (χ3n) is 6.99. The van der Waals surface area contributed by atoms with Crippen LogP contribution in [0.4, 0.5) is 15.5 Å². The van der Waals surface area contributed by atoms with E-state index in [-0.39, 0.29) is 10.8 Å². The zero-order chi connectivity index (χ0) is 30.1. The predicted molar refractivity (Wildman–Crippen MR) is 168 cm³/mol. The largest absolute Gasteiger partial charge is 0.497 e. The summed E-state index contributed by atoms with van der Waals surface area (Å²) in [6.07, 6.45) is 0.208. The summed E-state index contributed by atoms with van der Waals surface area (Å²) in [5.41, 5.74) is 3.47. The molecule has 0 bridgehead atoms. The van der Waals surface area contributed by atoms with E-state index in [4.69, 9.17) is 14.5 Å². The Morgan fingerprint density at radius 1 is 0.953 bits per heavy atom. The number of thiazole rings is 1. The Hall–Kier alpha value is -4.46. The van der Waals surface area contributed by atoms with Crippen molar-refractivity contribution in [2.24, 2.45) is 0 Å². The van der Waals surface area contributed by atoms with Gasteiger partial charge in [0.2, 0.25) is 0 Å². The molecule has 0 atom stereocenters. The summed E-state index contributed by atoms with van der Waals surface area (Å²) in [5.74, 6) is 0.198. The first-order valence-corrected chi connectivity index (χ1v) is 16.3. The molecule has 5 aromatic rings. The van der Waals surface area contributed by atoms with Gasteiger partial charge < -0.3 is 19.7 Å². The highest BCUT2D eigenvalue weighted by molar-refractivity contribution is 7.92. The van der Waals surface area contributed by atoms with Crippen molar-refractivity contribution in [3.8, 4) is 16.3 Å². The molecule has 1 aliphatic heterocycles. The van der Waals surface area contributed by atoms with Crippen molar-refractivity contribution >= 4 is 65.6 Å². The molecule has 2 N–H and O–H groups in total. The fourth-order valence-corrected chi connectivity index (χ4v) is 8.24. The lowest BCUT2D eigenvalue weighted by Crippen LogP contribution is -2.35. The Bertz CT molecular complexity index is 1900. The summed E-state index contributed by atoms with van der Waals surface area (Å²) in [4.78, 5) is 33.2. The fraction of sp³-hybridized carbons (Fsp3) is 0.167. The predicted octanol–water partition coefficient (Wildman–Crippen LogP) is 6.21. The minimum Gasteiger partial charge on any atom is -0.497 e. The van der Waals surface area contributed by atoms with E-state index in [1.165, 1.54) is 49.8 Å². The number of carbonyl (C=O) groups excluding carboxylic acids is 2. The van der Waals surface area contributed by atoms with Gasteiger partial charge in [0.15, 0.2) is 0 Å². The summed E-state index contributed by atoms with van der Waals surface area (Å²) in [7, 11) is -0.962. The van der Waals surface area contributed by atoms with Gasteiger partial charge in [0.05, 0.1) is 35.9 Å². The molecule has 0 fully saturated rings. The molecular formula is C30H26N4O6S3. The normalized spacial score (nSPS) is 12.9. The standard InChI is InChI=1S/C30H26N4O6S3/c1-39-20-11-13-21(14-12-20)43(37,38)33-19-9-7-18(8-10-19)27(35)32-29-26(28-31-23-5-3-4-6-24(23)41-28)22-15-16-34(30(36)40-2)17-25(22)42-29/h3-14,33H,15-17H2,1-2H3,(H,32,35). The first-order valence-electron chi connectivity index (χ1n) is 13.2. The third kappa shape index (κ3) is 5.78. The van der Waals surface area contributed by atoms with Gasteiger partial charge in [-0.05, 0) is 72.6 Å². The summed E-state index contributed by atoms with van der Waals surface area (Å²) >= 11 is 2.97. The van der Waals surface area contributed by atoms with Crippen LogP contribution in [0.25, 0.3) is 20.8 Å². The number of hydrogen-bond donors (Lipinski definition) is 2. The van der Waals surface area contributed by atoms with Gasteiger partial charge >= 0.3 is 6.09 Å². The van der Waals surface area contributed by atoms with Crippen molar-refractivity contribution < 1.29 is 27.5 Å². The number of thiophene rings is 1. The van der Waals surface area contributed by atoms with E-state index in [9.17, 15) is 18.0 Å². The van der Waals surface area contributed by atoms with Crippen LogP contribution >= 0.6 is 22.7 Å². The average Bonchev–Trinajstić information content (AvgIpc) is 3.61. The van der Waals surface area contributed by atoms with Crippen molar-refractivity contribution in [1.82, 2.24) is 9.88 Å². The van der Waals surface area contributed by atoms with E-state index in [0.29, 0.717) is 41.5 Å². The summed E-state index contributed by atoms with van der Waals surface area (Å²) in [6, 6.07) is 20.1. The van der Waals surface area contributed by atoms with Crippen LogP contribution < -0.4 is 14.8 Å². The number of nitrogens with zero attached hydrogens (tertiary/aromatic N) is 2. The van der Waals surface area contributed by atoms with E-state index in [1.807, 2.05) is 24.3 Å². The Balaban J connectivity index is 1.26. The molecule has 220 valence electrons. The summed E-state index contributed by atoms with van der Waals surface area (Å²) < 4.78 is 39.2. The number of fused-ring (bicyclic) bond motifs is 2. The van der Waals surface area contributed by atoms with Crippen LogP contribution in [0.3, 0.4) is 0 Å². The van der Waals surface area contributed by atoms with Crippen molar-refractivity contribution in [3.63, 3.8) is 0 Å². The van der Waals surface area contributed by atoms with Crippen LogP contribution in [0, 0.1) is 0 Å². The molecule has 0 saturated carbocycles. The van der Waals surface area contributed by atoms with Crippen LogP contribution in [0.2, 0.25) is 0 Å². The molecule has 0 radical (unpaired) electrons. The number of benzene rings is 3. The van der Waals surface area contributed by atoms with Gasteiger partial charge in [-0.1, -0.05) is 12.1 Å². The van der Waals surface area contributed by atoms with Crippen LogP contribution in [-0.4, -0.2) is 51.1 Å². The fourth-order valence-electron chi connectivity index (χ4n) is 4.82. The highest BCUT2D eigenvalue weighted by Crippen LogP contribution is 2.46. The van der Waals surface area contributed by atoms with Gasteiger partial charge in [0.1, 0.15) is 15.8 Å². The van der Waals surface area contributed by atoms with Gasteiger partial charge in [0.25, 0.3) is 15.9 Å². The smallest absolute Gasteiger partial charge is 0.409 e. The number of sulfonamides is 1. The Kier molecular flexibility index (Phi) is 7.77. The molecule has 1 aliphatic rings. The maximum Gasteiger partial charge on any atom is 0.409 e. The van der Waals surface area contributed by atoms with Crippen LogP contribution in [0.15, 0.2) is 77.7 Å². The molecule has 13 heteroatoms. The van der Waals surface area contributed by atoms with E-state index in [2.05, 4.69) is 10.0 Å². The molecule has 2 aromatic heterocycles. The monoisotopic (exact) mass is 634 g/mol. The second-order valence-electron chi connectivity index (χ2n) is 9.65. The lowest BCUT2D eigenvalue weighted by atomic mass is 10.0. The number of ether oxygens (including phenoxy) is 2. The van der Waals surface area contributed by atoms with E-state index in [1.54, 1.807) is 40.5 Å². The number of nitrogens with one attached hydrogen (secondary N) is 2. The lowest BCUT2D eigenvalue weighted by Gasteiger charge is -2.25. The molecule has 0 unspecified atom stereocenters. The van der Waals surface area contributed by atoms with E-state index < -0.39 is 16.1 Å². The Morgan fingerprint density at radius 2 is 1.70 bits per heavy atom. The first-order chi connectivity index (χ1) is 20.8. The average molecular weight is 635 g/mol. The number of methoxy groups -OCH3 is 2. The minimum absolute atomic E-state index is 0.0879. The van der Waals surface area contributed by atoms with Crippen LogP contribution in [0.5, 0.6) is 5.75 Å². The number of aromatic nitrogens is 1. The molecule has 0 spiro atoms. The van der Waals surface area contributed by atoms with Crippen molar-refractivity contribution in [2.45, 2.75) is 17.9 Å². The number of hydrogen-bond acceptors (Lipinski definition) is 9. The molecule has 0 aliphatic carbocycles. The quantitative estimate of drug-likeness (QED) is 0.218. The Morgan fingerprint density at radius 3 is 2.40 bits per heavy atom. The van der Waals surface area contributed by atoms with Crippen molar-refractivity contribution in [2.75, 3.05) is 30.8 Å². The van der Waals surface area contributed by atoms with Crippen LogP contribution in [0.1, 0.15) is 20.8 Å². The van der Waals surface area contributed by atoms with Gasteiger partial charge in [-0.3, -0.25) is 9.52 Å². The molecule has 2 amide bonds. The molecule has 6 rings (SSSR count). The molecular weight excluding hydrogens is 609 g/mol.